The quantitative estimate of drug-likeness (QED) is 0.203. The average Bonchev–Trinajstić information content (AvgIpc) is 2.87. The van der Waals surface area contributed by atoms with E-state index in [1.807, 2.05) is 0 Å². The molecule has 0 aromatic rings. The van der Waals surface area contributed by atoms with Gasteiger partial charge in [-0.1, -0.05) is 0 Å². The van der Waals surface area contributed by atoms with Crippen molar-refractivity contribution in [2.45, 2.75) is 110 Å². The highest BCUT2D eigenvalue weighted by Gasteiger charge is 2.57. The zero-order valence-corrected chi connectivity index (χ0v) is 25.1. The number of aliphatic hydroxyl groups is 1. The zero-order valence-electron chi connectivity index (χ0n) is 25.1. The molecule has 0 aliphatic carbocycles. The van der Waals surface area contributed by atoms with E-state index >= 15 is 0 Å². The van der Waals surface area contributed by atoms with Crippen LogP contribution in [0.4, 0.5) is 0 Å². The standard InChI is InChI=1S/C26H36O18/c1-10(27)35-8-17-20(21(38-13(4)30)23(25(34)42-17)40-15(6)32)44-26-24(41-16(7)33)22(39-14(5)31)19(37-12(3)29)18(43-26)9-36-11(2)28/h17-26,34H,8-9H2,1-7H3/t17-,18?,19-,20?,21+,22?,23?,24-,25-,26+/m1/s1. The van der Waals surface area contributed by atoms with Crippen LogP contribution < -0.4 is 0 Å². The Labute approximate surface area is 251 Å². The second kappa shape index (κ2) is 16.3. The lowest BCUT2D eigenvalue weighted by Gasteiger charge is -2.48. The summed E-state index contributed by atoms with van der Waals surface area (Å²) in [6, 6.07) is 0. The number of hydrogen-bond acceptors (Lipinski definition) is 18. The van der Waals surface area contributed by atoms with E-state index in [1.54, 1.807) is 0 Å². The van der Waals surface area contributed by atoms with Crippen molar-refractivity contribution in [3.8, 4) is 0 Å². The van der Waals surface area contributed by atoms with Crippen LogP contribution in [0.5, 0.6) is 0 Å². The fourth-order valence-electron chi connectivity index (χ4n) is 4.49. The molecule has 0 amide bonds. The molecule has 1 N–H and O–H groups in total. The number of esters is 7. The maximum atomic E-state index is 12.2. The third-order valence-corrected chi connectivity index (χ3v) is 5.90. The minimum atomic E-state index is -1.90. The summed E-state index contributed by atoms with van der Waals surface area (Å²) in [6.45, 7) is 6.11. The first kappa shape index (κ1) is 36.3. The van der Waals surface area contributed by atoms with Gasteiger partial charge in [0.1, 0.15) is 31.5 Å². The largest absolute Gasteiger partial charge is 0.463 e. The topological polar surface area (TPSA) is 232 Å². The maximum absolute atomic E-state index is 12.2. The molecule has 10 atom stereocenters. The van der Waals surface area contributed by atoms with Gasteiger partial charge in [-0.25, -0.2) is 0 Å². The Morgan fingerprint density at radius 3 is 1.27 bits per heavy atom. The van der Waals surface area contributed by atoms with E-state index in [9.17, 15) is 38.7 Å². The summed E-state index contributed by atoms with van der Waals surface area (Å²) in [5.74, 6) is -6.03. The molecule has 248 valence electrons. The highest BCUT2D eigenvalue weighted by molar-refractivity contribution is 5.69. The van der Waals surface area contributed by atoms with Crippen LogP contribution in [0.15, 0.2) is 0 Å². The van der Waals surface area contributed by atoms with Crippen molar-refractivity contribution < 1.29 is 86.0 Å². The normalized spacial score (nSPS) is 31.5. The summed E-state index contributed by atoms with van der Waals surface area (Å²) in [5, 5.41) is 10.6. The van der Waals surface area contributed by atoms with Gasteiger partial charge in [0.15, 0.2) is 43.1 Å². The van der Waals surface area contributed by atoms with Gasteiger partial charge in [0.2, 0.25) is 0 Å². The van der Waals surface area contributed by atoms with E-state index < -0.39 is 116 Å². The number of hydrogen-bond donors (Lipinski definition) is 1. The first-order chi connectivity index (χ1) is 20.5. The molecule has 0 radical (unpaired) electrons. The molecule has 44 heavy (non-hydrogen) atoms. The van der Waals surface area contributed by atoms with Gasteiger partial charge in [0, 0.05) is 48.5 Å². The van der Waals surface area contributed by atoms with Crippen molar-refractivity contribution in [1.82, 2.24) is 0 Å². The molecule has 4 unspecified atom stereocenters. The molecular weight excluding hydrogens is 600 g/mol. The van der Waals surface area contributed by atoms with Gasteiger partial charge in [0.25, 0.3) is 0 Å². The number of carbonyl (C=O) groups is 7. The van der Waals surface area contributed by atoms with Crippen LogP contribution in [0, 0.1) is 0 Å². The molecule has 0 aromatic heterocycles. The minimum Gasteiger partial charge on any atom is -0.463 e. The van der Waals surface area contributed by atoms with Crippen LogP contribution in [-0.2, 0) is 80.9 Å². The molecule has 0 saturated carbocycles. The van der Waals surface area contributed by atoms with Crippen LogP contribution in [-0.4, -0.2) is 122 Å². The van der Waals surface area contributed by atoms with E-state index in [0.717, 1.165) is 48.5 Å². The van der Waals surface area contributed by atoms with Crippen LogP contribution in [0.1, 0.15) is 48.5 Å². The van der Waals surface area contributed by atoms with E-state index in [1.165, 1.54) is 0 Å². The van der Waals surface area contributed by atoms with Crippen molar-refractivity contribution in [2.75, 3.05) is 13.2 Å². The summed E-state index contributed by atoms with van der Waals surface area (Å²) >= 11 is 0. The SMILES string of the molecule is CC(=O)OCC1O[C@@H](OC2[C@H](OC(C)=O)C(OC(C)=O)[C@H](O)O[C@@H]2COC(C)=O)[C@H](OC(C)=O)C(OC(C)=O)[C@@H]1OC(C)=O. The Morgan fingerprint density at radius 2 is 0.841 bits per heavy atom. The highest BCUT2D eigenvalue weighted by atomic mass is 16.8. The molecule has 2 fully saturated rings. The molecule has 0 spiro atoms. The lowest BCUT2D eigenvalue weighted by atomic mass is 9.96. The van der Waals surface area contributed by atoms with Gasteiger partial charge in [-0.05, 0) is 0 Å². The van der Waals surface area contributed by atoms with E-state index in [0.29, 0.717) is 0 Å². The van der Waals surface area contributed by atoms with E-state index in [4.69, 9.17) is 47.4 Å². The maximum Gasteiger partial charge on any atom is 0.303 e. The van der Waals surface area contributed by atoms with Crippen LogP contribution in [0.25, 0.3) is 0 Å². The van der Waals surface area contributed by atoms with Crippen LogP contribution in [0.2, 0.25) is 0 Å². The van der Waals surface area contributed by atoms with Crippen LogP contribution >= 0.6 is 0 Å². The Morgan fingerprint density at radius 1 is 0.477 bits per heavy atom. The molecule has 2 heterocycles. The molecule has 18 nitrogen and oxygen atoms in total. The molecule has 0 bridgehead atoms. The molecular formula is C26H36O18. The second-order valence-corrected chi connectivity index (χ2v) is 9.68. The number of aliphatic hydroxyl groups excluding tert-OH is 1. The summed E-state index contributed by atoms with van der Waals surface area (Å²) in [5.41, 5.74) is 0. The van der Waals surface area contributed by atoms with Gasteiger partial charge >= 0.3 is 41.8 Å². The molecule has 0 aromatic carbocycles. The van der Waals surface area contributed by atoms with Crippen LogP contribution in [0.3, 0.4) is 0 Å². The molecule has 2 aliphatic heterocycles. The Bertz CT molecular complexity index is 1090. The third kappa shape index (κ3) is 10.7. The first-order valence-corrected chi connectivity index (χ1v) is 13.3. The Hall–Kier alpha value is -3.87. The first-order valence-electron chi connectivity index (χ1n) is 13.3. The number of ether oxygens (including phenoxy) is 10. The number of rotatable bonds is 11. The van der Waals surface area contributed by atoms with Crippen molar-refractivity contribution in [3.05, 3.63) is 0 Å². The van der Waals surface area contributed by atoms with Crippen molar-refractivity contribution in [3.63, 3.8) is 0 Å². The molecule has 2 rings (SSSR count). The Kier molecular flexibility index (Phi) is 13.4. The van der Waals surface area contributed by atoms with Gasteiger partial charge in [-0.15, -0.1) is 0 Å². The lowest BCUT2D eigenvalue weighted by Crippen LogP contribution is -2.67. The number of carbonyl (C=O) groups excluding carboxylic acids is 7. The third-order valence-electron chi connectivity index (χ3n) is 5.90. The van der Waals surface area contributed by atoms with Gasteiger partial charge in [0.05, 0.1) is 0 Å². The fraction of sp³-hybridized carbons (Fsp3) is 0.731. The molecule has 18 heteroatoms. The minimum absolute atomic E-state index is 0.572. The summed E-state index contributed by atoms with van der Waals surface area (Å²) in [6.07, 6.45) is -16.3. The lowest BCUT2D eigenvalue weighted by molar-refractivity contribution is -0.357. The average molecular weight is 637 g/mol. The zero-order chi connectivity index (χ0) is 33.3. The van der Waals surface area contributed by atoms with Gasteiger partial charge in [-0.3, -0.25) is 33.6 Å². The smallest absolute Gasteiger partial charge is 0.303 e. The van der Waals surface area contributed by atoms with Gasteiger partial charge in [-0.2, -0.15) is 0 Å². The van der Waals surface area contributed by atoms with E-state index in [2.05, 4.69) is 0 Å². The summed E-state index contributed by atoms with van der Waals surface area (Å²) in [4.78, 5) is 83.5. The van der Waals surface area contributed by atoms with Crippen molar-refractivity contribution >= 4 is 41.8 Å². The second-order valence-electron chi connectivity index (χ2n) is 9.68. The molecule has 2 aliphatic rings. The van der Waals surface area contributed by atoms with Gasteiger partial charge < -0.3 is 52.5 Å². The summed E-state index contributed by atoms with van der Waals surface area (Å²) in [7, 11) is 0. The predicted molar refractivity (Wildman–Crippen MR) is 135 cm³/mol. The van der Waals surface area contributed by atoms with E-state index in [-0.39, 0.29) is 0 Å². The highest BCUT2D eigenvalue weighted by Crippen LogP contribution is 2.34. The molecule has 2 saturated heterocycles. The van der Waals surface area contributed by atoms with Crippen molar-refractivity contribution in [1.29, 1.82) is 0 Å². The summed E-state index contributed by atoms with van der Waals surface area (Å²) < 4.78 is 54.1. The Balaban J connectivity index is 2.66. The monoisotopic (exact) mass is 636 g/mol. The predicted octanol–water partition coefficient (Wildman–Crippen LogP) is -1.40. The fourth-order valence-corrected chi connectivity index (χ4v) is 4.49. The van der Waals surface area contributed by atoms with Crippen molar-refractivity contribution in [2.24, 2.45) is 0 Å².